The molecule has 3 aromatic rings. The molecule has 0 spiro atoms. The summed E-state index contributed by atoms with van der Waals surface area (Å²) in [6, 6.07) is 24.4. The minimum absolute atomic E-state index is 0.0693. The molecule has 6 nitrogen and oxygen atoms in total. The topological polar surface area (TPSA) is 78.5 Å². The largest absolute Gasteiger partial charge is 0.347 e. The van der Waals surface area contributed by atoms with Gasteiger partial charge in [-0.05, 0) is 62.6 Å². The minimum atomic E-state index is -0.390. The van der Waals surface area contributed by atoms with Gasteiger partial charge in [0.15, 0.2) is 0 Å². The standard InChI is InChI=1S/C29H31N3O3S/c1-29(2,3)31-27(35)23-11-7-8-12-24(23)30-26(34)21-13-15-22(16-14-21)28-32(25(33)19-36-28)18-17-20-9-5-4-6-10-20/h4-16,28H,17-19H2,1-3H3,(H,30,34)(H,31,35)/t28-/m0/s1. The number of amides is 3. The predicted octanol–water partition coefficient (Wildman–Crippen LogP) is 5.28. The van der Waals surface area contributed by atoms with Gasteiger partial charge < -0.3 is 15.5 Å². The van der Waals surface area contributed by atoms with E-state index in [9.17, 15) is 14.4 Å². The molecule has 0 radical (unpaired) electrons. The van der Waals surface area contributed by atoms with Gasteiger partial charge in [-0.15, -0.1) is 11.8 Å². The smallest absolute Gasteiger partial charge is 0.255 e. The van der Waals surface area contributed by atoms with Crippen molar-refractivity contribution in [3.63, 3.8) is 0 Å². The maximum absolute atomic E-state index is 13.0. The van der Waals surface area contributed by atoms with Gasteiger partial charge in [-0.3, -0.25) is 14.4 Å². The number of thioether (sulfide) groups is 1. The first kappa shape index (κ1) is 25.5. The lowest BCUT2D eigenvalue weighted by molar-refractivity contribution is -0.128. The highest BCUT2D eigenvalue weighted by molar-refractivity contribution is 8.00. The number of para-hydroxylation sites is 1. The maximum atomic E-state index is 13.0. The summed E-state index contributed by atoms with van der Waals surface area (Å²) in [7, 11) is 0. The van der Waals surface area contributed by atoms with Gasteiger partial charge in [0.25, 0.3) is 11.8 Å². The third-order valence-corrected chi connectivity index (χ3v) is 7.07. The average Bonchev–Trinajstić information content (AvgIpc) is 3.23. The Hall–Kier alpha value is -3.58. The molecule has 36 heavy (non-hydrogen) atoms. The van der Waals surface area contributed by atoms with Crippen molar-refractivity contribution in [1.29, 1.82) is 0 Å². The second kappa shape index (κ2) is 11.0. The lowest BCUT2D eigenvalue weighted by Crippen LogP contribution is -2.40. The maximum Gasteiger partial charge on any atom is 0.255 e. The number of nitrogens with one attached hydrogen (secondary N) is 2. The lowest BCUT2D eigenvalue weighted by atomic mass is 10.1. The van der Waals surface area contributed by atoms with E-state index >= 15 is 0 Å². The van der Waals surface area contributed by atoms with Crippen molar-refractivity contribution in [3.8, 4) is 0 Å². The van der Waals surface area contributed by atoms with Crippen LogP contribution in [0.1, 0.15) is 58.0 Å². The molecule has 0 aliphatic carbocycles. The quantitative estimate of drug-likeness (QED) is 0.462. The van der Waals surface area contributed by atoms with Crippen LogP contribution in [-0.2, 0) is 11.2 Å². The molecule has 0 unspecified atom stereocenters. The van der Waals surface area contributed by atoms with E-state index in [1.165, 1.54) is 5.56 Å². The number of anilines is 1. The van der Waals surface area contributed by atoms with E-state index in [0.29, 0.717) is 29.1 Å². The van der Waals surface area contributed by atoms with Gasteiger partial charge in [-0.1, -0.05) is 54.6 Å². The molecule has 186 valence electrons. The van der Waals surface area contributed by atoms with E-state index in [4.69, 9.17) is 0 Å². The van der Waals surface area contributed by atoms with Gasteiger partial charge in [-0.2, -0.15) is 0 Å². The van der Waals surface area contributed by atoms with E-state index < -0.39 is 5.54 Å². The molecule has 1 saturated heterocycles. The number of carbonyl (C=O) groups excluding carboxylic acids is 3. The second-order valence-corrected chi connectivity index (χ2v) is 10.9. The van der Waals surface area contributed by atoms with Crippen LogP contribution >= 0.6 is 11.8 Å². The Morgan fingerprint density at radius 2 is 1.58 bits per heavy atom. The predicted molar refractivity (Wildman–Crippen MR) is 145 cm³/mol. The van der Waals surface area contributed by atoms with Crippen LogP contribution < -0.4 is 10.6 Å². The van der Waals surface area contributed by atoms with Crippen molar-refractivity contribution in [1.82, 2.24) is 10.2 Å². The van der Waals surface area contributed by atoms with E-state index in [2.05, 4.69) is 22.8 Å². The average molecular weight is 502 g/mol. The van der Waals surface area contributed by atoms with Crippen molar-refractivity contribution in [3.05, 3.63) is 101 Å². The number of carbonyl (C=O) groups is 3. The summed E-state index contributed by atoms with van der Waals surface area (Å²) in [5.41, 5.74) is 3.14. The van der Waals surface area contributed by atoms with Crippen LogP contribution in [0.2, 0.25) is 0 Å². The van der Waals surface area contributed by atoms with Crippen molar-refractivity contribution in [2.45, 2.75) is 38.1 Å². The minimum Gasteiger partial charge on any atom is -0.347 e. The zero-order valence-electron chi connectivity index (χ0n) is 20.8. The molecule has 4 rings (SSSR count). The first-order valence-corrected chi connectivity index (χ1v) is 13.0. The van der Waals surface area contributed by atoms with Crippen molar-refractivity contribution >= 4 is 35.2 Å². The molecule has 1 aliphatic rings. The summed E-state index contributed by atoms with van der Waals surface area (Å²) in [6.07, 6.45) is 0.798. The SMILES string of the molecule is CC(C)(C)NC(=O)c1ccccc1NC(=O)c1ccc([C@@H]2SCC(=O)N2CCc2ccccc2)cc1. The Balaban J connectivity index is 1.44. The highest BCUT2D eigenvalue weighted by Gasteiger charge is 2.32. The molecule has 1 fully saturated rings. The molecule has 1 atom stereocenters. The Labute approximate surface area is 216 Å². The molecular weight excluding hydrogens is 470 g/mol. The monoisotopic (exact) mass is 501 g/mol. The summed E-state index contributed by atoms with van der Waals surface area (Å²) < 4.78 is 0. The van der Waals surface area contributed by atoms with Crippen LogP contribution in [0.25, 0.3) is 0 Å². The molecule has 0 bridgehead atoms. The summed E-state index contributed by atoms with van der Waals surface area (Å²) in [4.78, 5) is 40.1. The van der Waals surface area contributed by atoms with Gasteiger partial charge in [0.2, 0.25) is 5.91 Å². The highest BCUT2D eigenvalue weighted by Crippen LogP contribution is 2.38. The molecule has 3 amide bonds. The number of hydrogen-bond acceptors (Lipinski definition) is 4. The van der Waals surface area contributed by atoms with Crippen LogP contribution in [0.4, 0.5) is 5.69 Å². The van der Waals surface area contributed by atoms with Gasteiger partial charge in [0, 0.05) is 17.6 Å². The molecule has 1 heterocycles. The molecule has 3 aromatic carbocycles. The highest BCUT2D eigenvalue weighted by atomic mass is 32.2. The number of benzene rings is 3. The van der Waals surface area contributed by atoms with Gasteiger partial charge >= 0.3 is 0 Å². The van der Waals surface area contributed by atoms with Crippen LogP contribution in [0.3, 0.4) is 0 Å². The van der Waals surface area contributed by atoms with Crippen LogP contribution in [0.15, 0.2) is 78.9 Å². The third-order valence-electron chi connectivity index (χ3n) is 5.82. The second-order valence-electron chi connectivity index (χ2n) is 9.81. The van der Waals surface area contributed by atoms with Crippen molar-refractivity contribution in [2.24, 2.45) is 0 Å². The fourth-order valence-electron chi connectivity index (χ4n) is 4.06. The van der Waals surface area contributed by atoms with Crippen molar-refractivity contribution in [2.75, 3.05) is 17.6 Å². The first-order chi connectivity index (χ1) is 17.2. The fourth-order valence-corrected chi connectivity index (χ4v) is 5.28. The lowest BCUT2D eigenvalue weighted by Gasteiger charge is -2.24. The number of nitrogens with zero attached hydrogens (tertiary/aromatic N) is 1. The van der Waals surface area contributed by atoms with Crippen LogP contribution in [-0.4, -0.2) is 40.5 Å². The summed E-state index contributed by atoms with van der Waals surface area (Å²) in [5, 5.41) is 5.73. The van der Waals surface area contributed by atoms with Crippen LogP contribution in [0.5, 0.6) is 0 Å². The molecule has 1 aliphatic heterocycles. The molecule has 0 saturated carbocycles. The van der Waals surface area contributed by atoms with E-state index in [0.717, 1.165) is 12.0 Å². The summed E-state index contributed by atoms with van der Waals surface area (Å²) >= 11 is 1.60. The summed E-state index contributed by atoms with van der Waals surface area (Å²) in [6.45, 7) is 6.38. The van der Waals surface area contributed by atoms with Gasteiger partial charge in [0.05, 0.1) is 17.0 Å². The molecule has 7 heteroatoms. The molecular formula is C29H31N3O3S. The zero-order valence-corrected chi connectivity index (χ0v) is 21.6. The Bertz CT molecular complexity index is 1240. The van der Waals surface area contributed by atoms with E-state index in [-0.39, 0.29) is 23.1 Å². The van der Waals surface area contributed by atoms with E-state index in [1.807, 2.05) is 56.0 Å². The Morgan fingerprint density at radius 3 is 2.28 bits per heavy atom. The van der Waals surface area contributed by atoms with Crippen molar-refractivity contribution < 1.29 is 14.4 Å². The number of hydrogen-bond donors (Lipinski definition) is 2. The molecule has 2 N–H and O–H groups in total. The Morgan fingerprint density at radius 1 is 0.917 bits per heavy atom. The molecule has 0 aromatic heterocycles. The Kier molecular flexibility index (Phi) is 7.79. The number of rotatable bonds is 7. The summed E-state index contributed by atoms with van der Waals surface area (Å²) in [5.74, 6) is 0.0450. The third kappa shape index (κ3) is 6.34. The zero-order chi connectivity index (χ0) is 25.7. The van der Waals surface area contributed by atoms with Gasteiger partial charge in [0.1, 0.15) is 5.37 Å². The van der Waals surface area contributed by atoms with Gasteiger partial charge in [-0.25, -0.2) is 0 Å². The first-order valence-electron chi connectivity index (χ1n) is 12.0. The van der Waals surface area contributed by atoms with E-state index in [1.54, 1.807) is 48.2 Å². The normalized spacial score (nSPS) is 15.6. The fraction of sp³-hybridized carbons (Fsp3) is 0.276. The van der Waals surface area contributed by atoms with Crippen LogP contribution in [0, 0.1) is 0 Å².